The third kappa shape index (κ3) is 5.85. The van der Waals surface area contributed by atoms with Gasteiger partial charge in [-0.1, -0.05) is 47.2 Å². The van der Waals surface area contributed by atoms with E-state index >= 15 is 0 Å². The highest BCUT2D eigenvalue weighted by Gasteiger charge is 2.33. The molecule has 0 unspecified atom stereocenters. The summed E-state index contributed by atoms with van der Waals surface area (Å²) in [5, 5.41) is 9.48. The van der Waals surface area contributed by atoms with Crippen LogP contribution in [-0.4, -0.2) is 17.1 Å². The molecule has 1 aliphatic rings. The molecule has 1 aliphatic heterocycles. The summed E-state index contributed by atoms with van der Waals surface area (Å²) in [4.78, 5) is 31.8. The van der Waals surface area contributed by atoms with Gasteiger partial charge >= 0.3 is 5.97 Å². The molecule has 0 radical (unpaired) electrons. The van der Waals surface area contributed by atoms with Gasteiger partial charge in [0.15, 0.2) is 4.80 Å². The fourth-order valence-corrected chi connectivity index (χ4v) is 5.71. The molecule has 1 aromatic heterocycles. The van der Waals surface area contributed by atoms with Crippen molar-refractivity contribution in [1.82, 2.24) is 4.57 Å². The SMILES string of the molecule is CCOC(=O)C1=C(C)N=c2sc(=Cc3cc(Cl)ccc3OCc3ccc(C#N)cc3)c(=O)n2[C@@H]1c1ccc(F)cc1. The van der Waals surface area contributed by atoms with E-state index in [-0.39, 0.29) is 24.3 Å². The van der Waals surface area contributed by atoms with E-state index in [0.717, 1.165) is 16.9 Å². The zero-order chi connectivity index (χ0) is 29.1. The van der Waals surface area contributed by atoms with Crippen LogP contribution in [0.1, 0.15) is 42.1 Å². The maximum Gasteiger partial charge on any atom is 0.338 e. The minimum atomic E-state index is -0.848. The topological polar surface area (TPSA) is 93.7 Å². The van der Waals surface area contributed by atoms with Crippen LogP contribution < -0.4 is 19.6 Å². The Hall–Kier alpha value is -4.52. The van der Waals surface area contributed by atoms with E-state index in [9.17, 15) is 14.0 Å². The molecular weight excluding hydrogens is 565 g/mol. The molecule has 0 bridgehead atoms. The molecule has 0 aliphatic carbocycles. The van der Waals surface area contributed by atoms with Crippen LogP contribution in [0.3, 0.4) is 0 Å². The number of thiazole rings is 1. The number of rotatable bonds is 7. The van der Waals surface area contributed by atoms with Crippen molar-refractivity contribution in [3.8, 4) is 11.8 Å². The lowest BCUT2D eigenvalue weighted by atomic mass is 9.96. The summed E-state index contributed by atoms with van der Waals surface area (Å²) in [5.41, 5.74) is 2.80. The van der Waals surface area contributed by atoms with E-state index in [1.165, 1.54) is 16.7 Å². The monoisotopic (exact) mass is 587 g/mol. The Morgan fingerprint density at radius 1 is 1.17 bits per heavy atom. The van der Waals surface area contributed by atoms with Gasteiger partial charge in [-0.2, -0.15) is 5.26 Å². The fourth-order valence-electron chi connectivity index (χ4n) is 4.49. The Bertz CT molecular complexity index is 1890. The van der Waals surface area contributed by atoms with Gasteiger partial charge in [0.05, 0.1) is 40.1 Å². The van der Waals surface area contributed by atoms with Crippen molar-refractivity contribution in [1.29, 1.82) is 5.26 Å². The smallest absolute Gasteiger partial charge is 0.338 e. The average molecular weight is 588 g/mol. The van der Waals surface area contributed by atoms with Crippen LogP contribution in [0.5, 0.6) is 5.75 Å². The van der Waals surface area contributed by atoms with Gasteiger partial charge in [-0.3, -0.25) is 9.36 Å². The van der Waals surface area contributed by atoms with Crippen molar-refractivity contribution in [3.05, 3.63) is 131 Å². The van der Waals surface area contributed by atoms with E-state index in [1.807, 2.05) is 12.1 Å². The van der Waals surface area contributed by atoms with Crippen LogP contribution in [0.2, 0.25) is 5.02 Å². The predicted octanol–water partition coefficient (Wildman–Crippen LogP) is 5.04. The molecule has 0 N–H and O–H groups in total. The molecule has 0 fully saturated rings. The molecule has 206 valence electrons. The number of benzene rings is 3. The Morgan fingerprint density at radius 3 is 2.59 bits per heavy atom. The molecule has 10 heteroatoms. The highest BCUT2D eigenvalue weighted by molar-refractivity contribution is 7.07. The Balaban J connectivity index is 1.59. The number of carbonyl (C=O) groups excluding carboxylic acids is 1. The number of hydrogen-bond acceptors (Lipinski definition) is 7. The van der Waals surface area contributed by atoms with Gasteiger partial charge in [-0.05, 0) is 73.5 Å². The quantitative estimate of drug-likeness (QED) is 0.282. The molecule has 41 heavy (non-hydrogen) atoms. The van der Waals surface area contributed by atoms with Crippen LogP contribution in [0, 0.1) is 17.1 Å². The minimum absolute atomic E-state index is 0.149. The van der Waals surface area contributed by atoms with Gasteiger partial charge in [-0.15, -0.1) is 0 Å². The largest absolute Gasteiger partial charge is 0.488 e. The summed E-state index contributed by atoms with van der Waals surface area (Å²) in [5.74, 6) is -0.525. The molecule has 7 nitrogen and oxygen atoms in total. The number of nitrogens with zero attached hydrogens (tertiary/aromatic N) is 3. The fraction of sp³-hybridized carbons (Fsp3) is 0.161. The molecule has 0 saturated heterocycles. The van der Waals surface area contributed by atoms with Gasteiger partial charge in [0, 0.05) is 10.6 Å². The predicted molar refractivity (Wildman–Crippen MR) is 154 cm³/mol. The van der Waals surface area contributed by atoms with Crippen molar-refractivity contribution in [2.75, 3.05) is 6.61 Å². The highest BCUT2D eigenvalue weighted by Crippen LogP contribution is 2.31. The van der Waals surface area contributed by atoms with Crippen molar-refractivity contribution in [2.24, 2.45) is 4.99 Å². The Labute approximate surface area is 243 Å². The van der Waals surface area contributed by atoms with Crippen LogP contribution in [0.15, 0.2) is 87.8 Å². The van der Waals surface area contributed by atoms with Crippen molar-refractivity contribution in [3.63, 3.8) is 0 Å². The van der Waals surface area contributed by atoms with E-state index in [1.54, 1.807) is 62.4 Å². The number of fused-ring (bicyclic) bond motifs is 1. The van der Waals surface area contributed by atoms with E-state index < -0.39 is 17.8 Å². The van der Waals surface area contributed by atoms with Gasteiger partial charge < -0.3 is 9.47 Å². The lowest BCUT2D eigenvalue weighted by Crippen LogP contribution is -2.39. The first-order chi connectivity index (χ1) is 19.8. The molecule has 2 heterocycles. The summed E-state index contributed by atoms with van der Waals surface area (Å²) in [6, 6.07) is 19.1. The number of esters is 1. The third-order valence-corrected chi connectivity index (χ3v) is 7.66. The van der Waals surface area contributed by atoms with E-state index in [0.29, 0.717) is 42.5 Å². The molecular formula is C31H23ClFN3O4S. The number of nitriles is 1. The summed E-state index contributed by atoms with van der Waals surface area (Å²) in [7, 11) is 0. The first-order valence-electron chi connectivity index (χ1n) is 12.7. The van der Waals surface area contributed by atoms with Gasteiger partial charge in [0.1, 0.15) is 18.2 Å². The van der Waals surface area contributed by atoms with Crippen molar-refractivity contribution < 1.29 is 18.7 Å². The first-order valence-corrected chi connectivity index (χ1v) is 13.8. The van der Waals surface area contributed by atoms with Crippen molar-refractivity contribution in [2.45, 2.75) is 26.5 Å². The second-order valence-corrected chi connectivity index (χ2v) is 10.6. The first kappa shape index (κ1) is 28.0. The molecule has 4 aromatic rings. The van der Waals surface area contributed by atoms with Gasteiger partial charge in [0.2, 0.25) is 0 Å². The van der Waals surface area contributed by atoms with E-state index in [2.05, 4.69) is 11.1 Å². The number of carbonyl (C=O) groups is 1. The molecule has 5 rings (SSSR count). The van der Waals surface area contributed by atoms with Gasteiger partial charge in [-0.25, -0.2) is 14.2 Å². The number of hydrogen-bond donors (Lipinski definition) is 0. The summed E-state index contributed by atoms with van der Waals surface area (Å²) in [6.07, 6.45) is 1.68. The molecule has 0 amide bonds. The number of halogens is 2. The molecule has 0 saturated carbocycles. The molecule has 3 aromatic carbocycles. The van der Waals surface area contributed by atoms with Crippen LogP contribution in [-0.2, 0) is 16.1 Å². The number of ether oxygens (including phenoxy) is 2. The summed E-state index contributed by atoms with van der Waals surface area (Å²) >= 11 is 7.46. The minimum Gasteiger partial charge on any atom is -0.488 e. The molecule has 1 atom stereocenters. The number of allylic oxidation sites excluding steroid dienone is 1. The van der Waals surface area contributed by atoms with Gasteiger partial charge in [0.25, 0.3) is 5.56 Å². The van der Waals surface area contributed by atoms with Crippen LogP contribution >= 0.6 is 22.9 Å². The third-order valence-electron chi connectivity index (χ3n) is 6.44. The van der Waals surface area contributed by atoms with Crippen molar-refractivity contribution >= 4 is 35.0 Å². The van der Waals surface area contributed by atoms with Crippen LogP contribution in [0.25, 0.3) is 6.08 Å². The second kappa shape index (κ2) is 11.9. The Kier molecular flexibility index (Phi) is 8.15. The highest BCUT2D eigenvalue weighted by atomic mass is 35.5. The Morgan fingerprint density at radius 2 is 1.90 bits per heavy atom. The normalized spacial score (nSPS) is 14.7. The van der Waals surface area contributed by atoms with E-state index in [4.69, 9.17) is 26.3 Å². The lowest BCUT2D eigenvalue weighted by molar-refractivity contribution is -0.139. The average Bonchev–Trinajstić information content (AvgIpc) is 3.26. The lowest BCUT2D eigenvalue weighted by Gasteiger charge is -2.24. The number of aromatic nitrogens is 1. The zero-order valence-corrected chi connectivity index (χ0v) is 23.6. The maximum atomic E-state index is 13.9. The standard InChI is InChI=1S/C31H23ClFN3O4S/c1-3-39-30(38)27-18(2)35-31-36(28(27)21-8-11-24(33)12-9-21)29(37)26(41-31)15-22-14-23(32)10-13-25(22)40-17-20-6-4-19(16-34)5-7-20/h4-15,28H,3,17H2,1-2H3/t28-/m1/s1. The van der Waals surface area contributed by atoms with Crippen LogP contribution in [0.4, 0.5) is 4.39 Å². The summed E-state index contributed by atoms with van der Waals surface area (Å²) in [6.45, 7) is 3.77. The second-order valence-electron chi connectivity index (χ2n) is 9.13. The maximum absolute atomic E-state index is 13.9. The summed E-state index contributed by atoms with van der Waals surface area (Å²) < 4.78 is 26.9. The molecule has 0 spiro atoms. The zero-order valence-electron chi connectivity index (χ0n) is 22.1.